The molecule has 1 N–H and O–H groups in total. The Balaban J connectivity index is 1.48. The van der Waals surface area contributed by atoms with Crippen LogP contribution in [-0.2, 0) is 12.7 Å². The molecule has 0 spiro atoms. The largest absolute Gasteiger partial charge is 0.471 e. The van der Waals surface area contributed by atoms with Gasteiger partial charge in [0.25, 0.3) is 5.91 Å². The number of nitrogens with one attached hydrogen (secondary N) is 1. The number of hydrogen-bond donors (Lipinski definition) is 1. The lowest BCUT2D eigenvalue weighted by atomic mass is 10.1. The van der Waals surface area contributed by atoms with Crippen molar-refractivity contribution in [3.63, 3.8) is 0 Å². The van der Waals surface area contributed by atoms with Gasteiger partial charge in [-0.25, -0.2) is 9.67 Å². The number of nitrogens with zero attached hydrogens (tertiary/aromatic N) is 5. The average molecular weight is 378 g/mol. The van der Waals surface area contributed by atoms with Crippen LogP contribution in [0, 0.1) is 0 Å². The lowest BCUT2D eigenvalue weighted by Crippen LogP contribution is -2.29. The third-order valence-corrected chi connectivity index (χ3v) is 3.94. The maximum Gasteiger partial charge on any atom is 0.471 e. The van der Waals surface area contributed by atoms with Gasteiger partial charge in [0.1, 0.15) is 6.33 Å². The number of alkyl halides is 3. The predicted octanol–water partition coefficient (Wildman–Crippen LogP) is 2.29. The van der Waals surface area contributed by atoms with E-state index in [2.05, 4.69) is 30.1 Å². The Labute approximate surface area is 150 Å². The van der Waals surface area contributed by atoms with E-state index < -0.39 is 12.1 Å². The molecule has 0 saturated heterocycles. The number of halogens is 3. The number of carbonyl (C=O) groups is 1. The fourth-order valence-electron chi connectivity index (χ4n) is 2.42. The van der Waals surface area contributed by atoms with Crippen LogP contribution in [0.1, 0.15) is 34.9 Å². The summed E-state index contributed by atoms with van der Waals surface area (Å²) in [5.74, 6) is -1.62. The molecule has 0 unspecified atom stereocenters. The van der Waals surface area contributed by atoms with Crippen LogP contribution in [-0.4, -0.2) is 36.9 Å². The van der Waals surface area contributed by atoms with Crippen LogP contribution >= 0.6 is 0 Å². The van der Waals surface area contributed by atoms with Gasteiger partial charge in [-0.05, 0) is 18.4 Å². The Morgan fingerprint density at radius 3 is 2.63 bits per heavy atom. The predicted molar refractivity (Wildman–Crippen MR) is 84.3 cm³/mol. The highest BCUT2D eigenvalue weighted by molar-refractivity contribution is 5.91. The highest BCUT2D eigenvalue weighted by atomic mass is 19.4. The standard InChI is InChI=1S/C16H13F3N6O2/c17-16(18,19)15-23-12(24-27-15)10-3-1-9(2-4-10)7-25-13(20-8-21-25)14(26)22-11-5-6-11/h1-4,8,11H,5-7H2,(H,22,26). The molecule has 140 valence electrons. The number of aromatic nitrogens is 5. The summed E-state index contributed by atoms with van der Waals surface area (Å²) >= 11 is 0. The van der Waals surface area contributed by atoms with Gasteiger partial charge in [0.2, 0.25) is 11.6 Å². The average Bonchev–Trinajstić information content (AvgIpc) is 3.11. The van der Waals surface area contributed by atoms with Crippen LogP contribution in [0.15, 0.2) is 35.1 Å². The van der Waals surface area contributed by atoms with Gasteiger partial charge in [0.15, 0.2) is 0 Å². The number of hydrogen-bond acceptors (Lipinski definition) is 6. The summed E-state index contributed by atoms with van der Waals surface area (Å²) < 4.78 is 43.3. The molecule has 0 aliphatic heterocycles. The van der Waals surface area contributed by atoms with Gasteiger partial charge >= 0.3 is 12.1 Å². The van der Waals surface area contributed by atoms with E-state index in [4.69, 9.17) is 0 Å². The minimum absolute atomic E-state index is 0.154. The second-order valence-corrected chi connectivity index (χ2v) is 6.11. The lowest BCUT2D eigenvalue weighted by molar-refractivity contribution is -0.159. The molecule has 4 rings (SSSR count). The van der Waals surface area contributed by atoms with Crippen molar-refractivity contribution in [1.82, 2.24) is 30.2 Å². The topological polar surface area (TPSA) is 98.7 Å². The van der Waals surface area contributed by atoms with Gasteiger partial charge in [0.05, 0.1) is 6.54 Å². The molecule has 1 amide bonds. The summed E-state index contributed by atoms with van der Waals surface area (Å²) in [5.41, 5.74) is 1.16. The molecule has 0 radical (unpaired) electrons. The lowest BCUT2D eigenvalue weighted by Gasteiger charge is -2.07. The van der Waals surface area contributed by atoms with E-state index in [-0.39, 0.29) is 30.1 Å². The van der Waals surface area contributed by atoms with E-state index in [1.807, 2.05) is 0 Å². The summed E-state index contributed by atoms with van der Waals surface area (Å²) in [4.78, 5) is 19.5. The van der Waals surface area contributed by atoms with Crippen LogP contribution in [0.4, 0.5) is 13.2 Å². The second-order valence-electron chi connectivity index (χ2n) is 6.11. The molecule has 27 heavy (non-hydrogen) atoms. The van der Waals surface area contributed by atoms with Crippen molar-refractivity contribution in [2.24, 2.45) is 0 Å². The van der Waals surface area contributed by atoms with Crippen LogP contribution < -0.4 is 5.32 Å². The summed E-state index contributed by atoms with van der Waals surface area (Å²) in [6, 6.07) is 6.72. The number of carbonyl (C=O) groups excluding carboxylic acids is 1. The minimum atomic E-state index is -4.68. The molecule has 3 aromatic rings. The molecule has 11 heteroatoms. The monoisotopic (exact) mass is 378 g/mol. The molecule has 1 aromatic carbocycles. The molecule has 2 heterocycles. The van der Waals surface area contributed by atoms with Gasteiger partial charge in [-0.15, -0.1) is 0 Å². The molecule has 1 aliphatic carbocycles. The third-order valence-electron chi connectivity index (χ3n) is 3.94. The Morgan fingerprint density at radius 1 is 1.26 bits per heavy atom. The molecule has 0 atom stereocenters. The molecular formula is C16H13F3N6O2. The first-order chi connectivity index (χ1) is 12.9. The molecule has 2 aromatic heterocycles. The molecule has 1 aliphatic rings. The molecule has 1 fully saturated rings. The fourth-order valence-corrected chi connectivity index (χ4v) is 2.42. The van der Waals surface area contributed by atoms with E-state index in [1.54, 1.807) is 24.3 Å². The maximum absolute atomic E-state index is 12.5. The quantitative estimate of drug-likeness (QED) is 0.731. The first kappa shape index (κ1) is 17.2. The summed E-state index contributed by atoms with van der Waals surface area (Å²) in [6.45, 7) is 0.285. The van der Waals surface area contributed by atoms with Gasteiger partial charge in [-0.1, -0.05) is 29.4 Å². The van der Waals surface area contributed by atoms with Crippen LogP contribution in [0.3, 0.4) is 0 Å². The van der Waals surface area contributed by atoms with Crippen molar-refractivity contribution >= 4 is 5.91 Å². The summed E-state index contributed by atoms with van der Waals surface area (Å²) in [5, 5.41) is 10.2. The zero-order chi connectivity index (χ0) is 19.0. The van der Waals surface area contributed by atoms with Crippen LogP contribution in [0.5, 0.6) is 0 Å². The van der Waals surface area contributed by atoms with E-state index in [0.29, 0.717) is 5.56 Å². The van der Waals surface area contributed by atoms with Crippen molar-refractivity contribution in [2.45, 2.75) is 31.6 Å². The zero-order valence-corrected chi connectivity index (χ0v) is 13.8. The number of rotatable bonds is 5. The Kier molecular flexibility index (Phi) is 4.13. The van der Waals surface area contributed by atoms with Gasteiger partial charge in [-0.2, -0.15) is 23.3 Å². The van der Waals surface area contributed by atoms with Crippen LogP contribution in [0.2, 0.25) is 0 Å². The second kappa shape index (κ2) is 6.49. The Bertz CT molecular complexity index is 959. The summed E-state index contributed by atoms with van der Waals surface area (Å²) in [7, 11) is 0. The molecule has 8 nitrogen and oxygen atoms in total. The molecule has 0 bridgehead atoms. The zero-order valence-electron chi connectivity index (χ0n) is 13.8. The fraction of sp³-hybridized carbons (Fsp3) is 0.312. The van der Waals surface area contributed by atoms with Gasteiger partial charge < -0.3 is 9.84 Å². The number of amides is 1. The van der Waals surface area contributed by atoms with E-state index in [0.717, 1.165) is 18.4 Å². The first-order valence-electron chi connectivity index (χ1n) is 8.09. The van der Waals surface area contributed by atoms with Crippen molar-refractivity contribution < 1.29 is 22.5 Å². The Morgan fingerprint density at radius 2 is 2.00 bits per heavy atom. The number of benzene rings is 1. The summed E-state index contributed by atoms with van der Waals surface area (Å²) in [6.07, 6.45) is -1.45. The molecule has 1 saturated carbocycles. The SMILES string of the molecule is O=C(NC1CC1)c1ncnn1Cc1ccc(-c2noc(C(F)(F)F)n2)cc1. The minimum Gasteiger partial charge on any atom is -0.347 e. The third kappa shape index (κ3) is 3.81. The smallest absolute Gasteiger partial charge is 0.347 e. The van der Waals surface area contributed by atoms with Crippen molar-refractivity contribution in [3.05, 3.63) is 47.9 Å². The van der Waals surface area contributed by atoms with Crippen LogP contribution in [0.25, 0.3) is 11.4 Å². The highest BCUT2D eigenvalue weighted by Gasteiger charge is 2.38. The first-order valence-corrected chi connectivity index (χ1v) is 8.09. The van der Waals surface area contributed by atoms with Crippen molar-refractivity contribution in [1.29, 1.82) is 0 Å². The van der Waals surface area contributed by atoms with Crippen molar-refractivity contribution in [3.8, 4) is 11.4 Å². The highest BCUT2D eigenvalue weighted by Crippen LogP contribution is 2.29. The normalized spacial score (nSPS) is 14.3. The maximum atomic E-state index is 12.5. The van der Waals surface area contributed by atoms with Crippen molar-refractivity contribution in [2.75, 3.05) is 0 Å². The molecular weight excluding hydrogens is 365 g/mol. The van der Waals surface area contributed by atoms with Gasteiger partial charge in [-0.3, -0.25) is 4.79 Å². The van der Waals surface area contributed by atoms with Gasteiger partial charge in [0, 0.05) is 11.6 Å². The van der Waals surface area contributed by atoms with E-state index in [1.165, 1.54) is 11.0 Å². The van der Waals surface area contributed by atoms with E-state index >= 15 is 0 Å². The Hall–Kier alpha value is -3.24. The van der Waals surface area contributed by atoms with E-state index in [9.17, 15) is 18.0 Å².